The van der Waals surface area contributed by atoms with E-state index in [0.29, 0.717) is 8.95 Å². The summed E-state index contributed by atoms with van der Waals surface area (Å²) in [5.74, 6) is -0.891. The Hall–Kier alpha value is -0.440. The molecule has 0 unspecified atom stereocenters. The van der Waals surface area contributed by atoms with Crippen LogP contribution in [0.2, 0.25) is 0 Å². The van der Waals surface area contributed by atoms with Crippen LogP contribution in [-0.2, 0) is 14.8 Å². The fourth-order valence-electron chi connectivity index (χ4n) is 2.42. The summed E-state index contributed by atoms with van der Waals surface area (Å²) in [4.78, 5) is 11.1. The smallest absolute Gasteiger partial charge is 0.303 e. The average Bonchev–Trinajstić information content (AvgIpc) is 2.35. The van der Waals surface area contributed by atoms with Gasteiger partial charge in [-0.1, -0.05) is 22.4 Å². The van der Waals surface area contributed by atoms with Crippen molar-refractivity contribution in [3.05, 3.63) is 27.1 Å². The predicted molar refractivity (Wildman–Crippen MR) is 85.6 cm³/mol. The summed E-state index contributed by atoms with van der Waals surface area (Å²) >= 11 is 6.47. The molecule has 21 heavy (non-hydrogen) atoms. The predicted octanol–water partition coefficient (Wildman–Crippen LogP) is 3.13. The Bertz CT molecular complexity index is 656. The molecule has 1 aromatic carbocycles. The molecule has 5 nitrogen and oxygen atoms in total. The summed E-state index contributed by atoms with van der Waals surface area (Å²) in [6.45, 7) is 0.153. The monoisotopic (exact) mass is 439 g/mol. The van der Waals surface area contributed by atoms with Crippen molar-refractivity contribution >= 4 is 47.9 Å². The van der Waals surface area contributed by atoms with E-state index in [4.69, 9.17) is 5.11 Å². The third kappa shape index (κ3) is 4.06. The Balaban J connectivity index is 2.14. The minimum absolute atomic E-state index is 0.00479. The van der Waals surface area contributed by atoms with Gasteiger partial charge < -0.3 is 5.11 Å². The number of rotatable bonds is 6. The molecule has 0 spiro atoms. The lowest BCUT2D eigenvalue weighted by atomic mass is 9.67. The minimum Gasteiger partial charge on any atom is -0.481 e. The fraction of sp³-hybridized carbons (Fsp3) is 0.462. The van der Waals surface area contributed by atoms with Crippen molar-refractivity contribution in [1.82, 2.24) is 4.72 Å². The van der Waals surface area contributed by atoms with Gasteiger partial charge in [-0.2, -0.15) is 0 Å². The first-order chi connectivity index (χ1) is 9.74. The van der Waals surface area contributed by atoms with Gasteiger partial charge in [-0.05, 0) is 52.4 Å². The molecule has 1 aliphatic carbocycles. The summed E-state index contributed by atoms with van der Waals surface area (Å²) < 4.78 is 28.4. The number of carbonyl (C=O) groups is 1. The number of carboxylic acids is 1. The van der Waals surface area contributed by atoms with Gasteiger partial charge >= 0.3 is 5.97 Å². The van der Waals surface area contributed by atoms with E-state index in [0.717, 1.165) is 19.3 Å². The summed E-state index contributed by atoms with van der Waals surface area (Å²) in [5, 5.41) is 8.95. The molecule has 116 valence electrons. The second-order valence-electron chi connectivity index (χ2n) is 5.32. The van der Waals surface area contributed by atoms with Crippen LogP contribution in [-0.4, -0.2) is 26.0 Å². The van der Waals surface area contributed by atoms with Gasteiger partial charge in [0.15, 0.2) is 0 Å². The van der Waals surface area contributed by atoms with Crippen LogP contribution in [0.15, 0.2) is 32.0 Å². The molecule has 1 saturated carbocycles. The Labute approximate surface area is 140 Å². The van der Waals surface area contributed by atoms with Gasteiger partial charge in [0.1, 0.15) is 0 Å². The zero-order chi connectivity index (χ0) is 15.7. The van der Waals surface area contributed by atoms with Gasteiger partial charge in [-0.25, -0.2) is 13.1 Å². The summed E-state index contributed by atoms with van der Waals surface area (Å²) in [7, 11) is -3.68. The molecular weight excluding hydrogens is 426 g/mol. The standard InChI is InChI=1S/C13H15Br2NO4S/c14-9-2-3-10(15)11(6-9)21(19,20)16-8-13(4-1-5-13)7-12(17)18/h2-3,6,16H,1,4-5,7-8H2,(H,17,18). The molecule has 1 aliphatic rings. The van der Waals surface area contributed by atoms with Gasteiger partial charge in [0, 0.05) is 15.5 Å². The maximum atomic E-state index is 12.4. The van der Waals surface area contributed by atoms with E-state index in [1.165, 1.54) is 6.07 Å². The van der Waals surface area contributed by atoms with E-state index in [1.807, 2.05) is 0 Å². The topological polar surface area (TPSA) is 83.5 Å². The lowest BCUT2D eigenvalue weighted by Crippen LogP contribution is -2.43. The zero-order valence-corrected chi connectivity index (χ0v) is 15.1. The molecule has 0 bridgehead atoms. The molecule has 0 aliphatic heterocycles. The van der Waals surface area contributed by atoms with E-state index in [9.17, 15) is 13.2 Å². The highest BCUT2D eigenvalue weighted by atomic mass is 79.9. The van der Waals surface area contributed by atoms with E-state index in [2.05, 4.69) is 36.6 Å². The number of carboxylic acid groups (broad SMARTS) is 1. The number of aliphatic carboxylic acids is 1. The molecule has 2 N–H and O–H groups in total. The molecule has 0 atom stereocenters. The van der Waals surface area contributed by atoms with Crippen molar-refractivity contribution < 1.29 is 18.3 Å². The van der Waals surface area contributed by atoms with Gasteiger partial charge in [0.05, 0.1) is 11.3 Å². The number of hydrogen-bond donors (Lipinski definition) is 2. The van der Waals surface area contributed by atoms with Crippen LogP contribution in [0.5, 0.6) is 0 Å². The van der Waals surface area contributed by atoms with Crippen LogP contribution in [0.25, 0.3) is 0 Å². The molecule has 0 aromatic heterocycles. The Morgan fingerprint density at radius 3 is 2.52 bits per heavy atom. The Morgan fingerprint density at radius 1 is 1.33 bits per heavy atom. The number of benzene rings is 1. The Morgan fingerprint density at radius 2 is 2.00 bits per heavy atom. The third-order valence-electron chi connectivity index (χ3n) is 3.76. The van der Waals surface area contributed by atoms with Crippen LogP contribution < -0.4 is 4.72 Å². The first kappa shape index (κ1) is 16.9. The molecule has 0 heterocycles. The Kier molecular flexibility index (Phi) is 5.12. The van der Waals surface area contributed by atoms with Gasteiger partial charge in [-0.3, -0.25) is 4.79 Å². The lowest BCUT2D eigenvalue weighted by molar-refractivity contribution is -0.141. The molecule has 0 saturated heterocycles. The molecule has 0 radical (unpaired) electrons. The quantitative estimate of drug-likeness (QED) is 0.711. The van der Waals surface area contributed by atoms with Crippen molar-refractivity contribution in [1.29, 1.82) is 0 Å². The van der Waals surface area contributed by atoms with Crippen molar-refractivity contribution in [3.8, 4) is 0 Å². The SMILES string of the molecule is O=C(O)CC1(CNS(=O)(=O)c2cc(Br)ccc2Br)CCC1. The maximum Gasteiger partial charge on any atom is 0.303 e. The maximum absolute atomic E-state index is 12.4. The molecule has 0 amide bonds. The van der Waals surface area contributed by atoms with Gasteiger partial charge in [-0.15, -0.1) is 0 Å². The highest BCUT2D eigenvalue weighted by Crippen LogP contribution is 2.43. The molecule has 1 fully saturated rings. The van der Waals surface area contributed by atoms with E-state index in [1.54, 1.807) is 12.1 Å². The first-order valence-corrected chi connectivity index (χ1v) is 9.48. The van der Waals surface area contributed by atoms with Crippen molar-refractivity contribution in [2.75, 3.05) is 6.54 Å². The summed E-state index contributed by atoms with van der Waals surface area (Å²) in [5.41, 5.74) is -0.447. The largest absolute Gasteiger partial charge is 0.481 e. The van der Waals surface area contributed by atoms with Crippen LogP contribution in [0, 0.1) is 5.41 Å². The minimum atomic E-state index is -3.68. The van der Waals surface area contributed by atoms with Crippen LogP contribution in [0.4, 0.5) is 0 Å². The van der Waals surface area contributed by atoms with Crippen molar-refractivity contribution in [3.63, 3.8) is 0 Å². The number of halogens is 2. The lowest BCUT2D eigenvalue weighted by Gasteiger charge is -2.40. The van der Waals surface area contributed by atoms with E-state index >= 15 is 0 Å². The summed E-state index contributed by atoms with van der Waals surface area (Å²) in [6.07, 6.45) is 2.41. The van der Waals surface area contributed by atoms with E-state index < -0.39 is 21.4 Å². The van der Waals surface area contributed by atoms with Crippen LogP contribution in [0.1, 0.15) is 25.7 Å². The second kappa shape index (κ2) is 6.36. The second-order valence-corrected chi connectivity index (χ2v) is 8.83. The summed E-state index contributed by atoms with van der Waals surface area (Å²) in [6, 6.07) is 4.90. The van der Waals surface area contributed by atoms with E-state index in [-0.39, 0.29) is 17.9 Å². The third-order valence-corrected chi connectivity index (χ3v) is 6.65. The fourth-order valence-corrected chi connectivity index (χ4v) is 5.08. The van der Waals surface area contributed by atoms with Crippen LogP contribution in [0.3, 0.4) is 0 Å². The number of hydrogen-bond acceptors (Lipinski definition) is 3. The molecule has 1 aromatic rings. The van der Waals surface area contributed by atoms with Gasteiger partial charge in [0.2, 0.25) is 10.0 Å². The van der Waals surface area contributed by atoms with Crippen molar-refractivity contribution in [2.45, 2.75) is 30.6 Å². The zero-order valence-electron chi connectivity index (χ0n) is 11.1. The highest BCUT2D eigenvalue weighted by Gasteiger charge is 2.40. The van der Waals surface area contributed by atoms with Gasteiger partial charge in [0.25, 0.3) is 0 Å². The van der Waals surface area contributed by atoms with Crippen molar-refractivity contribution in [2.24, 2.45) is 5.41 Å². The van der Waals surface area contributed by atoms with Crippen LogP contribution >= 0.6 is 31.9 Å². The molecular formula is C13H15Br2NO4S. The number of sulfonamides is 1. The average molecular weight is 441 g/mol. The number of nitrogens with one attached hydrogen (secondary N) is 1. The highest BCUT2D eigenvalue weighted by molar-refractivity contribution is 9.11. The molecule has 8 heteroatoms. The normalized spacial score (nSPS) is 17.2. The molecule has 2 rings (SSSR count). The first-order valence-electron chi connectivity index (χ1n) is 6.41.